The van der Waals surface area contributed by atoms with Crippen molar-refractivity contribution in [1.29, 1.82) is 0 Å². The monoisotopic (exact) mass is 558 g/mol. The van der Waals surface area contributed by atoms with Gasteiger partial charge in [-0.2, -0.15) is 0 Å². The zero-order valence-corrected chi connectivity index (χ0v) is 23.9. The Labute approximate surface area is 253 Å². The molecule has 3 heterocycles. The van der Waals surface area contributed by atoms with Crippen molar-refractivity contribution in [2.75, 3.05) is 0 Å². The maximum atomic E-state index is 2.50. The number of para-hydroxylation sites is 4. The highest BCUT2D eigenvalue weighted by Crippen LogP contribution is 2.42. The summed E-state index contributed by atoms with van der Waals surface area (Å²) in [6.45, 7) is 0. The molecule has 0 aliphatic carbocycles. The molecule has 0 radical (unpaired) electrons. The van der Waals surface area contributed by atoms with Crippen LogP contribution >= 0.6 is 0 Å². The second kappa shape index (κ2) is 8.82. The minimum atomic E-state index is 1.19. The zero-order valence-electron chi connectivity index (χ0n) is 23.9. The highest BCUT2D eigenvalue weighted by molar-refractivity contribution is 6.25. The number of aromatic nitrogens is 2. The van der Waals surface area contributed by atoms with Crippen molar-refractivity contribution in [1.82, 2.24) is 8.80 Å². The van der Waals surface area contributed by atoms with Gasteiger partial charge in [-0.3, -0.25) is 0 Å². The van der Waals surface area contributed by atoms with E-state index in [1.54, 1.807) is 0 Å². The Morgan fingerprint density at radius 1 is 0.250 bits per heavy atom. The maximum Gasteiger partial charge on any atom is 0.0703 e. The van der Waals surface area contributed by atoms with Gasteiger partial charge < -0.3 is 8.80 Å². The van der Waals surface area contributed by atoms with Crippen molar-refractivity contribution < 1.29 is 0 Å². The molecule has 10 aromatic rings. The van der Waals surface area contributed by atoms with Crippen LogP contribution in [0.25, 0.3) is 87.7 Å². The topological polar surface area (TPSA) is 8.82 Å². The van der Waals surface area contributed by atoms with Crippen LogP contribution in [0.4, 0.5) is 0 Å². The molecule has 0 saturated carbocycles. The number of hydrogen-bond acceptors (Lipinski definition) is 0. The molecular formula is C42H26N2. The number of benzene rings is 7. The second-order valence-electron chi connectivity index (χ2n) is 11.8. The molecule has 2 heteroatoms. The van der Waals surface area contributed by atoms with Gasteiger partial charge in [0, 0.05) is 32.3 Å². The Hall–Kier alpha value is -5.86. The minimum absolute atomic E-state index is 1.19. The van der Waals surface area contributed by atoms with Gasteiger partial charge in [0.1, 0.15) is 0 Å². The summed E-state index contributed by atoms with van der Waals surface area (Å²) >= 11 is 0. The van der Waals surface area contributed by atoms with Crippen molar-refractivity contribution >= 4 is 65.4 Å². The number of hydrogen-bond donors (Lipinski definition) is 0. The molecule has 10 rings (SSSR count). The van der Waals surface area contributed by atoms with E-state index in [-0.39, 0.29) is 0 Å². The third-order valence-electron chi connectivity index (χ3n) is 9.44. The molecule has 2 nitrogen and oxygen atoms in total. The minimum Gasteiger partial charge on any atom is -0.307 e. The Balaban J connectivity index is 1.45. The molecule has 0 bridgehead atoms. The average molecular weight is 559 g/mol. The third kappa shape index (κ3) is 3.14. The van der Waals surface area contributed by atoms with Gasteiger partial charge in [-0.05, 0) is 58.7 Å². The van der Waals surface area contributed by atoms with Gasteiger partial charge in [0.25, 0.3) is 0 Å². The molecule has 0 aliphatic heterocycles. The van der Waals surface area contributed by atoms with Crippen LogP contribution in [0, 0.1) is 0 Å². The molecule has 44 heavy (non-hydrogen) atoms. The SMILES string of the molecule is c1ccc(-c2ccc3c(c2)c2cccc4c5cccc6c7cc(-c8ccccc8)ccc7n(c7ccccc7n3c24)c65)cc1. The van der Waals surface area contributed by atoms with Gasteiger partial charge in [-0.25, -0.2) is 0 Å². The first kappa shape index (κ1) is 23.7. The van der Waals surface area contributed by atoms with Crippen LogP contribution in [-0.4, -0.2) is 8.80 Å². The Bertz CT molecular complexity index is 2550. The van der Waals surface area contributed by atoms with Gasteiger partial charge >= 0.3 is 0 Å². The van der Waals surface area contributed by atoms with Gasteiger partial charge in [0.05, 0.1) is 33.1 Å². The van der Waals surface area contributed by atoms with Gasteiger partial charge in [0.2, 0.25) is 0 Å². The fourth-order valence-electron chi connectivity index (χ4n) is 7.54. The summed E-state index contributed by atoms with van der Waals surface area (Å²) in [6, 6.07) is 57.8. The first-order valence-electron chi connectivity index (χ1n) is 15.2. The van der Waals surface area contributed by atoms with E-state index in [9.17, 15) is 0 Å². The van der Waals surface area contributed by atoms with Crippen LogP contribution in [0.2, 0.25) is 0 Å². The van der Waals surface area contributed by atoms with E-state index in [2.05, 4.69) is 167 Å². The third-order valence-corrected chi connectivity index (χ3v) is 9.44. The molecule has 0 saturated heterocycles. The van der Waals surface area contributed by atoms with Gasteiger partial charge in [0.15, 0.2) is 0 Å². The quantitative estimate of drug-likeness (QED) is 0.200. The molecule has 0 unspecified atom stereocenters. The van der Waals surface area contributed by atoms with E-state index in [0.29, 0.717) is 0 Å². The fourth-order valence-corrected chi connectivity index (χ4v) is 7.54. The zero-order chi connectivity index (χ0) is 28.8. The van der Waals surface area contributed by atoms with E-state index in [1.165, 1.54) is 87.7 Å². The molecule has 204 valence electrons. The van der Waals surface area contributed by atoms with Crippen LogP contribution in [0.1, 0.15) is 0 Å². The highest BCUT2D eigenvalue weighted by Gasteiger charge is 2.19. The fraction of sp³-hybridized carbons (Fsp3) is 0. The van der Waals surface area contributed by atoms with E-state index < -0.39 is 0 Å². The number of fused-ring (bicyclic) bond motifs is 10. The summed E-state index contributed by atoms with van der Waals surface area (Å²) in [5.74, 6) is 0. The first-order chi connectivity index (χ1) is 21.8. The Morgan fingerprint density at radius 2 is 0.636 bits per heavy atom. The lowest BCUT2D eigenvalue weighted by Crippen LogP contribution is -1.94. The summed E-state index contributed by atoms with van der Waals surface area (Å²) < 4.78 is 4.99. The Kier molecular flexibility index (Phi) is 4.75. The second-order valence-corrected chi connectivity index (χ2v) is 11.8. The van der Waals surface area contributed by atoms with Crippen LogP contribution < -0.4 is 0 Å². The molecule has 0 N–H and O–H groups in total. The summed E-state index contributed by atoms with van der Waals surface area (Å²) in [5, 5.41) is 7.61. The molecular weight excluding hydrogens is 532 g/mol. The summed E-state index contributed by atoms with van der Waals surface area (Å²) in [4.78, 5) is 0. The summed E-state index contributed by atoms with van der Waals surface area (Å²) in [7, 11) is 0. The van der Waals surface area contributed by atoms with Gasteiger partial charge in [-0.1, -0.05) is 121 Å². The summed E-state index contributed by atoms with van der Waals surface area (Å²) in [6.07, 6.45) is 0. The lowest BCUT2D eigenvalue weighted by Gasteiger charge is -2.11. The normalized spacial score (nSPS) is 12.1. The maximum absolute atomic E-state index is 2.50. The molecule has 3 aromatic heterocycles. The van der Waals surface area contributed by atoms with Crippen molar-refractivity contribution in [3.8, 4) is 22.3 Å². The van der Waals surface area contributed by atoms with Gasteiger partial charge in [-0.15, -0.1) is 0 Å². The predicted molar refractivity (Wildman–Crippen MR) is 187 cm³/mol. The average Bonchev–Trinajstić information content (AvgIpc) is 3.60. The lowest BCUT2D eigenvalue weighted by atomic mass is 10.0. The Morgan fingerprint density at radius 3 is 1.07 bits per heavy atom. The van der Waals surface area contributed by atoms with E-state index >= 15 is 0 Å². The van der Waals surface area contributed by atoms with E-state index in [1.807, 2.05) is 0 Å². The van der Waals surface area contributed by atoms with E-state index in [4.69, 9.17) is 0 Å². The van der Waals surface area contributed by atoms with Crippen LogP contribution in [0.3, 0.4) is 0 Å². The lowest BCUT2D eigenvalue weighted by molar-refractivity contribution is 1.29. The van der Waals surface area contributed by atoms with E-state index in [0.717, 1.165) is 0 Å². The van der Waals surface area contributed by atoms with Crippen LogP contribution in [-0.2, 0) is 0 Å². The molecule has 0 atom stereocenters. The van der Waals surface area contributed by atoms with Crippen LogP contribution in [0.15, 0.2) is 158 Å². The molecule has 0 fully saturated rings. The van der Waals surface area contributed by atoms with Crippen molar-refractivity contribution in [3.05, 3.63) is 158 Å². The number of nitrogens with zero attached hydrogens (tertiary/aromatic N) is 2. The predicted octanol–water partition coefficient (Wildman–Crippen LogP) is 11.3. The smallest absolute Gasteiger partial charge is 0.0703 e. The molecule has 0 aliphatic rings. The molecule has 7 aromatic carbocycles. The first-order valence-corrected chi connectivity index (χ1v) is 15.2. The largest absolute Gasteiger partial charge is 0.307 e. The number of rotatable bonds is 2. The molecule has 0 spiro atoms. The van der Waals surface area contributed by atoms with Crippen molar-refractivity contribution in [2.45, 2.75) is 0 Å². The van der Waals surface area contributed by atoms with Crippen LogP contribution in [0.5, 0.6) is 0 Å². The molecule has 0 amide bonds. The summed E-state index contributed by atoms with van der Waals surface area (Å²) in [5.41, 5.74) is 12.3. The van der Waals surface area contributed by atoms with Crippen molar-refractivity contribution in [3.63, 3.8) is 0 Å². The standard InChI is InChI=1S/C42H26N2/c1-3-11-27(12-4-1)29-21-23-37-35(25-29)33-17-9-15-31-32-16-10-18-34-36-26-30(28-13-5-2-6-14-28)22-24-38(36)44(42(32)34)40-20-8-7-19-39(40)43(37)41(31)33/h1-26H. The highest BCUT2D eigenvalue weighted by atomic mass is 15.0. The van der Waals surface area contributed by atoms with Crippen molar-refractivity contribution in [2.24, 2.45) is 0 Å².